The van der Waals surface area contributed by atoms with Gasteiger partial charge in [0, 0.05) is 16.4 Å². The zero-order valence-corrected chi connectivity index (χ0v) is 11.9. The van der Waals surface area contributed by atoms with Crippen LogP contribution in [0.1, 0.15) is 25.7 Å². The second kappa shape index (κ2) is 6.34. The van der Waals surface area contributed by atoms with Crippen molar-refractivity contribution in [2.75, 3.05) is 4.90 Å². The third-order valence-corrected chi connectivity index (χ3v) is 3.69. The highest BCUT2D eigenvalue weighted by atomic mass is 16.5. The first kappa shape index (κ1) is 14.2. The number of rotatable bonds is 1. The fourth-order valence-electron chi connectivity index (χ4n) is 2.69. The van der Waals surface area contributed by atoms with Crippen molar-refractivity contribution in [2.45, 2.75) is 25.7 Å². The highest BCUT2D eigenvalue weighted by Gasteiger charge is 2.39. The Hall–Kier alpha value is -2.76. The first-order chi connectivity index (χ1) is 10.8. The molecule has 112 valence electrons. The number of aromatic nitrogens is 2. The predicted octanol–water partition coefficient (Wildman–Crippen LogP) is 2.50. The molecule has 0 fully saturated rings. The molecule has 6 nitrogen and oxygen atoms in total. The van der Waals surface area contributed by atoms with Gasteiger partial charge in [0.05, 0.1) is 11.9 Å². The van der Waals surface area contributed by atoms with Gasteiger partial charge >= 0.3 is 0 Å². The summed E-state index contributed by atoms with van der Waals surface area (Å²) in [6.45, 7) is 0. The largest absolute Gasteiger partial charge is 0.346 e. The zero-order valence-electron chi connectivity index (χ0n) is 11.9. The van der Waals surface area contributed by atoms with Gasteiger partial charge in [-0.3, -0.25) is 9.59 Å². The summed E-state index contributed by atoms with van der Waals surface area (Å²) < 4.78 is 4.22. The molecule has 2 amide bonds. The Bertz CT molecular complexity index is 647. The molecule has 6 heteroatoms. The van der Waals surface area contributed by atoms with Crippen LogP contribution < -0.4 is 4.90 Å². The minimum atomic E-state index is -0.115. The first-order valence-corrected chi connectivity index (χ1v) is 7.16. The molecule has 0 saturated carbocycles. The summed E-state index contributed by atoms with van der Waals surface area (Å²) in [6.07, 6.45) is 6.41. The van der Waals surface area contributed by atoms with Crippen LogP contribution in [0, 0.1) is 0 Å². The van der Waals surface area contributed by atoms with E-state index in [2.05, 4.69) is 14.9 Å². The Balaban J connectivity index is 0.000000246. The minimum Gasteiger partial charge on any atom is -0.346 e. The topological polar surface area (TPSA) is 76.3 Å². The molecule has 0 saturated heterocycles. The molecule has 1 aliphatic carbocycles. The normalized spacial score (nSPS) is 17.2. The van der Waals surface area contributed by atoms with Gasteiger partial charge in [-0.05, 0) is 37.8 Å². The van der Waals surface area contributed by atoms with E-state index in [0.717, 1.165) is 36.8 Å². The summed E-state index contributed by atoms with van der Waals surface area (Å²) in [7, 11) is 0. The van der Waals surface area contributed by atoms with Crippen LogP contribution in [0.2, 0.25) is 0 Å². The van der Waals surface area contributed by atoms with Crippen molar-refractivity contribution in [2.24, 2.45) is 0 Å². The molecule has 2 aromatic rings. The van der Waals surface area contributed by atoms with E-state index in [0.29, 0.717) is 5.69 Å². The second-order valence-electron chi connectivity index (χ2n) is 5.03. The van der Waals surface area contributed by atoms with Crippen LogP contribution in [0.15, 0.2) is 58.5 Å². The zero-order chi connectivity index (χ0) is 15.4. The average Bonchev–Trinajstić information content (AvgIpc) is 3.22. The number of benzene rings is 1. The van der Waals surface area contributed by atoms with Crippen LogP contribution in [-0.4, -0.2) is 22.2 Å². The van der Waals surface area contributed by atoms with Gasteiger partial charge in [0.15, 0.2) is 0 Å². The van der Waals surface area contributed by atoms with Gasteiger partial charge < -0.3 is 4.52 Å². The smallest absolute Gasteiger partial charge is 0.261 e. The van der Waals surface area contributed by atoms with E-state index in [-0.39, 0.29) is 11.8 Å². The maximum absolute atomic E-state index is 12.2. The summed E-state index contributed by atoms with van der Waals surface area (Å²) in [5.41, 5.74) is 2.16. The lowest BCUT2D eigenvalue weighted by Gasteiger charge is -2.14. The lowest BCUT2D eigenvalue weighted by atomic mass is 9.93. The maximum atomic E-state index is 12.2. The molecule has 4 rings (SSSR count). The van der Waals surface area contributed by atoms with Gasteiger partial charge in [-0.2, -0.15) is 0 Å². The maximum Gasteiger partial charge on any atom is 0.261 e. The summed E-state index contributed by atoms with van der Waals surface area (Å²) >= 11 is 0. The van der Waals surface area contributed by atoms with Crippen molar-refractivity contribution in [1.29, 1.82) is 0 Å². The Morgan fingerprint density at radius 3 is 2.05 bits per heavy atom. The Labute approximate surface area is 127 Å². The summed E-state index contributed by atoms with van der Waals surface area (Å²) in [5.74, 6) is -0.230. The molecule has 0 bridgehead atoms. The molecule has 2 aliphatic rings. The van der Waals surface area contributed by atoms with Crippen molar-refractivity contribution < 1.29 is 14.1 Å². The fourth-order valence-corrected chi connectivity index (χ4v) is 2.69. The molecule has 0 atom stereocenters. The molecule has 0 N–H and O–H groups in total. The third kappa shape index (κ3) is 2.67. The molecule has 0 unspecified atom stereocenters. The number of amides is 2. The molecule has 2 heterocycles. The summed E-state index contributed by atoms with van der Waals surface area (Å²) in [5, 5.41) is 6.40. The first-order valence-electron chi connectivity index (χ1n) is 7.16. The third-order valence-electron chi connectivity index (χ3n) is 3.69. The van der Waals surface area contributed by atoms with Gasteiger partial charge in [0.1, 0.15) is 6.26 Å². The van der Waals surface area contributed by atoms with Crippen molar-refractivity contribution in [3.8, 4) is 0 Å². The second-order valence-corrected chi connectivity index (χ2v) is 5.03. The van der Waals surface area contributed by atoms with Crippen LogP contribution in [0.5, 0.6) is 0 Å². The number of anilines is 1. The number of carbonyl (C=O) groups excluding carboxylic acids is 2. The Morgan fingerprint density at radius 1 is 0.955 bits per heavy atom. The number of hydrogen-bond donors (Lipinski definition) is 0. The van der Waals surface area contributed by atoms with Crippen LogP contribution in [0.25, 0.3) is 0 Å². The van der Waals surface area contributed by atoms with Crippen LogP contribution >= 0.6 is 0 Å². The lowest BCUT2D eigenvalue weighted by Crippen LogP contribution is -2.31. The van der Waals surface area contributed by atoms with Gasteiger partial charge in [-0.15, -0.1) is 5.10 Å². The number of para-hydroxylation sites is 1. The number of imide groups is 1. The molecule has 0 radical (unpaired) electrons. The summed E-state index contributed by atoms with van der Waals surface area (Å²) in [4.78, 5) is 25.7. The van der Waals surface area contributed by atoms with E-state index < -0.39 is 0 Å². The van der Waals surface area contributed by atoms with Gasteiger partial charge in [0.25, 0.3) is 11.8 Å². The summed E-state index contributed by atoms with van der Waals surface area (Å²) in [6, 6.07) is 9.16. The average molecular weight is 297 g/mol. The van der Waals surface area contributed by atoms with E-state index in [9.17, 15) is 9.59 Å². The van der Waals surface area contributed by atoms with E-state index in [1.165, 1.54) is 17.4 Å². The van der Waals surface area contributed by atoms with Crippen LogP contribution in [0.3, 0.4) is 0 Å². The SMILES string of the molecule is O=C1C2=C(CCCC2)C(=O)N1c1ccccc1.c1conn1. The lowest BCUT2D eigenvalue weighted by molar-refractivity contribution is -0.120. The van der Waals surface area contributed by atoms with Crippen LogP contribution in [-0.2, 0) is 9.59 Å². The molecule has 1 aromatic carbocycles. The highest BCUT2D eigenvalue weighted by molar-refractivity contribution is 6.33. The predicted molar refractivity (Wildman–Crippen MR) is 78.7 cm³/mol. The van der Waals surface area contributed by atoms with E-state index >= 15 is 0 Å². The van der Waals surface area contributed by atoms with Crippen molar-refractivity contribution >= 4 is 17.5 Å². The Kier molecular flexibility index (Phi) is 4.09. The van der Waals surface area contributed by atoms with Crippen molar-refractivity contribution in [1.82, 2.24) is 10.4 Å². The number of hydrogen-bond acceptors (Lipinski definition) is 5. The number of carbonyl (C=O) groups is 2. The molecule has 22 heavy (non-hydrogen) atoms. The fraction of sp³-hybridized carbons (Fsp3) is 0.250. The van der Waals surface area contributed by atoms with Gasteiger partial charge in [-0.1, -0.05) is 18.2 Å². The van der Waals surface area contributed by atoms with E-state index in [4.69, 9.17) is 0 Å². The van der Waals surface area contributed by atoms with Crippen molar-refractivity contribution in [3.63, 3.8) is 0 Å². The number of nitrogens with zero attached hydrogens (tertiary/aromatic N) is 3. The molecule has 0 spiro atoms. The molecule has 1 aliphatic heterocycles. The van der Waals surface area contributed by atoms with E-state index in [1.807, 2.05) is 18.2 Å². The van der Waals surface area contributed by atoms with Gasteiger partial charge in [-0.25, -0.2) is 4.90 Å². The standard InChI is InChI=1S/C14H13NO2.C2H2N2O/c16-13-11-8-4-5-9-12(11)14(17)15(13)10-6-2-1-3-7-10;1-2-5-4-3-1/h1-3,6-7H,4-5,8-9H2;1-2H. The monoisotopic (exact) mass is 297 g/mol. The quantitative estimate of drug-likeness (QED) is 0.756. The molecular formula is C16H15N3O3. The minimum absolute atomic E-state index is 0.115. The van der Waals surface area contributed by atoms with Crippen LogP contribution in [0.4, 0.5) is 5.69 Å². The van der Waals surface area contributed by atoms with Crippen molar-refractivity contribution in [3.05, 3.63) is 53.9 Å². The molecular weight excluding hydrogens is 282 g/mol. The highest BCUT2D eigenvalue weighted by Crippen LogP contribution is 2.35. The Morgan fingerprint density at radius 2 is 1.59 bits per heavy atom. The van der Waals surface area contributed by atoms with Gasteiger partial charge in [0.2, 0.25) is 0 Å². The van der Waals surface area contributed by atoms with E-state index in [1.54, 1.807) is 12.1 Å². The molecule has 1 aromatic heterocycles.